The van der Waals surface area contributed by atoms with E-state index in [1.165, 1.54) is 0 Å². The summed E-state index contributed by atoms with van der Waals surface area (Å²) >= 11 is 0. The summed E-state index contributed by atoms with van der Waals surface area (Å²) in [5, 5.41) is 3.03. The highest BCUT2D eigenvalue weighted by molar-refractivity contribution is 6.02. The lowest BCUT2D eigenvalue weighted by Crippen LogP contribution is -2.44. The monoisotopic (exact) mass is 324 g/mol. The van der Waals surface area contributed by atoms with E-state index in [0.717, 1.165) is 11.3 Å². The van der Waals surface area contributed by atoms with Gasteiger partial charge in [0, 0.05) is 7.05 Å². The Hall–Kier alpha value is -2.95. The van der Waals surface area contributed by atoms with Crippen molar-refractivity contribution in [2.75, 3.05) is 25.7 Å². The number of nitrogens with one attached hydrogen (secondary N) is 1. The third-order valence-corrected chi connectivity index (χ3v) is 4.04. The standard InChI is InChI=1S/C19H20N2O3/c1-4-11-24-16-10-9-13(12-17(16)23-3)18-20-19(22)14-7-5-6-8-15(14)21(18)2/h4-10,12,18H,1,11H2,2-3H3,(H,20,22). The van der Waals surface area contributed by atoms with Crippen LogP contribution in [-0.4, -0.2) is 26.7 Å². The van der Waals surface area contributed by atoms with E-state index in [1.54, 1.807) is 13.2 Å². The molecule has 0 saturated carbocycles. The van der Waals surface area contributed by atoms with Gasteiger partial charge in [-0.25, -0.2) is 0 Å². The van der Waals surface area contributed by atoms with Gasteiger partial charge in [0.15, 0.2) is 11.5 Å². The van der Waals surface area contributed by atoms with Gasteiger partial charge in [0.25, 0.3) is 5.91 Å². The molecule has 1 unspecified atom stereocenters. The van der Waals surface area contributed by atoms with E-state index in [0.29, 0.717) is 23.7 Å². The molecule has 24 heavy (non-hydrogen) atoms. The number of rotatable bonds is 5. The average molecular weight is 324 g/mol. The van der Waals surface area contributed by atoms with E-state index in [1.807, 2.05) is 54.4 Å². The third-order valence-electron chi connectivity index (χ3n) is 4.04. The number of anilines is 1. The molecule has 3 rings (SSSR count). The first kappa shape index (κ1) is 15.9. The molecule has 1 N–H and O–H groups in total. The van der Waals surface area contributed by atoms with E-state index in [4.69, 9.17) is 9.47 Å². The minimum atomic E-state index is -0.269. The first-order valence-electron chi connectivity index (χ1n) is 7.70. The predicted octanol–water partition coefficient (Wildman–Crippen LogP) is 3.14. The molecule has 2 aromatic carbocycles. The summed E-state index contributed by atoms with van der Waals surface area (Å²) in [6.07, 6.45) is 1.41. The number of methoxy groups -OCH3 is 1. The molecule has 1 amide bonds. The van der Waals surface area contributed by atoms with E-state index < -0.39 is 0 Å². The Morgan fingerprint density at radius 3 is 2.79 bits per heavy atom. The van der Waals surface area contributed by atoms with Crippen LogP contribution in [0, 0.1) is 0 Å². The first-order valence-corrected chi connectivity index (χ1v) is 7.70. The van der Waals surface area contributed by atoms with Gasteiger partial charge in [0.2, 0.25) is 0 Å². The second-order valence-electron chi connectivity index (χ2n) is 5.51. The molecule has 0 bridgehead atoms. The van der Waals surface area contributed by atoms with E-state index in [2.05, 4.69) is 11.9 Å². The number of nitrogens with zero attached hydrogens (tertiary/aromatic N) is 1. The number of para-hydroxylation sites is 1. The lowest BCUT2D eigenvalue weighted by molar-refractivity contribution is 0.0928. The Labute approximate surface area is 141 Å². The van der Waals surface area contributed by atoms with Gasteiger partial charge >= 0.3 is 0 Å². The number of hydrogen-bond donors (Lipinski definition) is 1. The smallest absolute Gasteiger partial charge is 0.255 e. The van der Waals surface area contributed by atoms with Crippen molar-refractivity contribution in [2.24, 2.45) is 0 Å². The molecule has 1 aliphatic rings. The molecule has 5 nitrogen and oxygen atoms in total. The number of ether oxygens (including phenoxy) is 2. The van der Waals surface area contributed by atoms with Gasteiger partial charge in [-0.1, -0.05) is 30.9 Å². The van der Waals surface area contributed by atoms with Crippen LogP contribution in [0.1, 0.15) is 22.1 Å². The molecule has 2 aromatic rings. The molecule has 1 atom stereocenters. The fourth-order valence-electron chi connectivity index (χ4n) is 2.84. The second-order valence-corrected chi connectivity index (χ2v) is 5.51. The van der Waals surface area contributed by atoms with Gasteiger partial charge in [-0.05, 0) is 29.8 Å². The summed E-state index contributed by atoms with van der Waals surface area (Å²) in [5.41, 5.74) is 2.49. The normalized spacial score (nSPS) is 16.2. The van der Waals surface area contributed by atoms with Crippen LogP contribution >= 0.6 is 0 Å². The van der Waals surface area contributed by atoms with Crippen LogP contribution in [0.4, 0.5) is 5.69 Å². The zero-order valence-corrected chi connectivity index (χ0v) is 13.8. The highest BCUT2D eigenvalue weighted by Crippen LogP contribution is 2.35. The molecule has 0 spiro atoms. The summed E-state index contributed by atoms with van der Waals surface area (Å²) < 4.78 is 11.0. The Balaban J connectivity index is 1.95. The number of carbonyl (C=O) groups is 1. The fraction of sp³-hybridized carbons (Fsp3) is 0.211. The zero-order chi connectivity index (χ0) is 17.1. The largest absolute Gasteiger partial charge is 0.493 e. The molecule has 1 heterocycles. The van der Waals surface area contributed by atoms with Gasteiger partial charge in [0.05, 0.1) is 18.4 Å². The van der Waals surface area contributed by atoms with Gasteiger partial charge < -0.3 is 19.7 Å². The van der Waals surface area contributed by atoms with Crippen LogP contribution in [0.2, 0.25) is 0 Å². The highest BCUT2D eigenvalue weighted by Gasteiger charge is 2.29. The molecule has 1 aliphatic heterocycles. The maximum absolute atomic E-state index is 12.4. The highest BCUT2D eigenvalue weighted by atomic mass is 16.5. The Bertz CT molecular complexity index is 773. The number of hydrogen-bond acceptors (Lipinski definition) is 4. The van der Waals surface area contributed by atoms with E-state index >= 15 is 0 Å². The summed E-state index contributed by atoms with van der Waals surface area (Å²) in [6.45, 7) is 4.05. The van der Waals surface area contributed by atoms with Crippen molar-refractivity contribution in [3.05, 3.63) is 66.2 Å². The Kier molecular flexibility index (Phi) is 4.42. The van der Waals surface area contributed by atoms with Crippen molar-refractivity contribution < 1.29 is 14.3 Å². The average Bonchev–Trinajstić information content (AvgIpc) is 2.63. The van der Waals surface area contributed by atoms with Crippen LogP contribution in [-0.2, 0) is 0 Å². The lowest BCUT2D eigenvalue weighted by Gasteiger charge is -2.36. The molecule has 0 radical (unpaired) electrons. The van der Waals surface area contributed by atoms with Gasteiger partial charge in [-0.2, -0.15) is 0 Å². The van der Waals surface area contributed by atoms with Crippen LogP contribution in [0.5, 0.6) is 11.5 Å². The van der Waals surface area contributed by atoms with Crippen LogP contribution in [0.15, 0.2) is 55.1 Å². The van der Waals surface area contributed by atoms with Crippen molar-refractivity contribution >= 4 is 11.6 Å². The lowest BCUT2D eigenvalue weighted by atomic mass is 10.0. The first-order chi connectivity index (χ1) is 11.7. The van der Waals surface area contributed by atoms with Gasteiger partial charge in [0.1, 0.15) is 12.8 Å². The van der Waals surface area contributed by atoms with Crippen molar-refractivity contribution in [1.29, 1.82) is 0 Å². The summed E-state index contributed by atoms with van der Waals surface area (Å²) in [7, 11) is 3.55. The molecule has 0 aliphatic carbocycles. The van der Waals surface area contributed by atoms with Crippen molar-refractivity contribution in [3.8, 4) is 11.5 Å². The minimum Gasteiger partial charge on any atom is -0.493 e. The second kappa shape index (κ2) is 6.66. The van der Waals surface area contributed by atoms with Gasteiger partial charge in [-0.15, -0.1) is 0 Å². The Morgan fingerprint density at radius 1 is 1.25 bits per heavy atom. The molecule has 124 valence electrons. The number of carbonyl (C=O) groups excluding carboxylic acids is 1. The van der Waals surface area contributed by atoms with Crippen molar-refractivity contribution in [2.45, 2.75) is 6.17 Å². The minimum absolute atomic E-state index is 0.0837. The van der Waals surface area contributed by atoms with Crippen LogP contribution in [0.25, 0.3) is 0 Å². The molecule has 5 heteroatoms. The SMILES string of the molecule is C=CCOc1ccc(C2NC(=O)c3ccccc3N2C)cc1OC. The molecule has 0 saturated heterocycles. The maximum Gasteiger partial charge on any atom is 0.255 e. The quantitative estimate of drug-likeness (QED) is 0.859. The summed E-state index contributed by atoms with van der Waals surface area (Å²) in [5.74, 6) is 1.18. The van der Waals surface area contributed by atoms with Crippen LogP contribution in [0.3, 0.4) is 0 Å². The van der Waals surface area contributed by atoms with E-state index in [9.17, 15) is 4.79 Å². The Morgan fingerprint density at radius 2 is 2.04 bits per heavy atom. The number of amides is 1. The zero-order valence-electron chi connectivity index (χ0n) is 13.8. The van der Waals surface area contributed by atoms with Crippen molar-refractivity contribution in [3.63, 3.8) is 0 Å². The molecule has 0 fully saturated rings. The fourth-order valence-corrected chi connectivity index (χ4v) is 2.84. The topological polar surface area (TPSA) is 50.8 Å². The maximum atomic E-state index is 12.4. The van der Waals surface area contributed by atoms with Crippen LogP contribution < -0.4 is 19.7 Å². The summed E-state index contributed by atoms with van der Waals surface area (Å²) in [4.78, 5) is 14.4. The molecular weight excluding hydrogens is 304 g/mol. The molecular formula is C19H20N2O3. The number of fused-ring (bicyclic) bond motifs is 1. The number of benzene rings is 2. The predicted molar refractivity (Wildman–Crippen MR) is 93.7 cm³/mol. The van der Waals surface area contributed by atoms with Crippen molar-refractivity contribution in [1.82, 2.24) is 5.32 Å². The van der Waals surface area contributed by atoms with Gasteiger partial charge in [-0.3, -0.25) is 4.79 Å². The summed E-state index contributed by atoms with van der Waals surface area (Å²) in [6, 6.07) is 13.2. The third kappa shape index (κ3) is 2.80. The molecule has 0 aromatic heterocycles. The van der Waals surface area contributed by atoms with E-state index in [-0.39, 0.29) is 12.1 Å².